The third-order valence-electron chi connectivity index (χ3n) is 4.85. The van der Waals surface area contributed by atoms with Gasteiger partial charge < -0.3 is 14.8 Å². The van der Waals surface area contributed by atoms with Crippen LogP contribution in [-0.2, 0) is 19.1 Å². The van der Waals surface area contributed by atoms with Crippen molar-refractivity contribution < 1.29 is 28.7 Å². The van der Waals surface area contributed by atoms with Crippen LogP contribution in [0.3, 0.4) is 0 Å². The average molecular weight is 459 g/mol. The third-order valence-corrected chi connectivity index (χ3v) is 5.08. The zero-order valence-corrected chi connectivity index (χ0v) is 18.5. The molecule has 1 aliphatic heterocycles. The lowest BCUT2D eigenvalue weighted by atomic mass is 10.0. The zero-order chi connectivity index (χ0) is 23.3. The fourth-order valence-electron chi connectivity index (χ4n) is 3.24. The van der Waals surface area contributed by atoms with Gasteiger partial charge in [0.15, 0.2) is 12.4 Å². The summed E-state index contributed by atoms with van der Waals surface area (Å²) in [6.45, 7) is 3.29. The van der Waals surface area contributed by atoms with Crippen molar-refractivity contribution in [3.63, 3.8) is 0 Å². The van der Waals surface area contributed by atoms with E-state index in [0.29, 0.717) is 27.7 Å². The van der Waals surface area contributed by atoms with E-state index in [4.69, 9.17) is 21.1 Å². The number of fused-ring (bicyclic) bond motifs is 1. The molecule has 0 aromatic heterocycles. The monoisotopic (exact) mass is 458 g/mol. The number of hydrogen-bond donors (Lipinski definition) is 1. The fourth-order valence-corrected chi connectivity index (χ4v) is 3.47. The summed E-state index contributed by atoms with van der Waals surface area (Å²) in [7, 11) is 0. The highest BCUT2D eigenvalue weighted by molar-refractivity contribution is 6.30. The first kappa shape index (κ1) is 23.3. The second-order valence-electron chi connectivity index (χ2n) is 7.19. The van der Waals surface area contributed by atoms with Gasteiger partial charge in [0, 0.05) is 22.7 Å². The molecular weight excluding hydrogens is 436 g/mol. The second-order valence-corrected chi connectivity index (χ2v) is 7.62. The van der Waals surface area contributed by atoms with E-state index in [2.05, 4.69) is 5.32 Å². The Balaban J connectivity index is 1.75. The smallest absolute Gasteiger partial charge is 0.306 e. The van der Waals surface area contributed by atoms with Gasteiger partial charge in [0.25, 0.3) is 5.91 Å². The molecule has 0 aliphatic carbocycles. The highest BCUT2D eigenvalue weighted by Crippen LogP contribution is 2.33. The standard InChI is InChI=1S/C23H23ClN2O6/c1-3-31-23(30)9-7-19(27)15-4-8-20-18(11-15)26(22(29)13-32-20)12-21(28)25-17-6-5-16(24)10-14(17)2/h4-6,8,10-11H,3,7,9,12-13H2,1-2H3,(H,25,28). The number of nitrogens with one attached hydrogen (secondary N) is 1. The molecule has 8 nitrogen and oxygen atoms in total. The first-order chi connectivity index (χ1) is 15.3. The average Bonchev–Trinajstić information content (AvgIpc) is 2.76. The molecule has 1 aliphatic rings. The van der Waals surface area contributed by atoms with E-state index < -0.39 is 17.8 Å². The molecule has 0 saturated carbocycles. The summed E-state index contributed by atoms with van der Waals surface area (Å²) in [5.41, 5.74) is 2.01. The molecule has 2 aromatic carbocycles. The maximum atomic E-state index is 12.6. The van der Waals surface area contributed by atoms with Crippen molar-refractivity contribution in [1.82, 2.24) is 0 Å². The van der Waals surface area contributed by atoms with Crippen molar-refractivity contribution >= 4 is 46.5 Å². The van der Waals surface area contributed by atoms with Crippen LogP contribution in [0.2, 0.25) is 5.02 Å². The number of ketones is 1. The number of benzene rings is 2. The van der Waals surface area contributed by atoms with Crippen molar-refractivity contribution in [3.05, 3.63) is 52.5 Å². The van der Waals surface area contributed by atoms with Crippen LogP contribution in [0.4, 0.5) is 11.4 Å². The molecular formula is C23H23ClN2O6. The van der Waals surface area contributed by atoms with Gasteiger partial charge in [-0.2, -0.15) is 0 Å². The summed E-state index contributed by atoms with van der Waals surface area (Å²) < 4.78 is 10.3. The van der Waals surface area contributed by atoms with E-state index in [1.807, 2.05) is 6.92 Å². The number of ether oxygens (including phenoxy) is 2. The lowest BCUT2D eigenvalue weighted by Gasteiger charge is -2.29. The number of hydrogen-bond acceptors (Lipinski definition) is 6. The Bertz CT molecular complexity index is 1070. The molecule has 32 heavy (non-hydrogen) atoms. The lowest BCUT2D eigenvalue weighted by Crippen LogP contribution is -2.43. The largest absolute Gasteiger partial charge is 0.482 e. The molecule has 0 saturated heterocycles. The molecule has 168 valence electrons. The number of halogens is 1. The van der Waals surface area contributed by atoms with Crippen molar-refractivity contribution in [2.75, 3.05) is 30.0 Å². The summed E-state index contributed by atoms with van der Waals surface area (Å²) in [4.78, 5) is 50.4. The molecule has 0 bridgehead atoms. The number of carbonyl (C=O) groups excluding carboxylic acids is 4. The van der Waals surface area contributed by atoms with E-state index >= 15 is 0 Å². The van der Waals surface area contributed by atoms with E-state index in [9.17, 15) is 19.2 Å². The molecule has 1 N–H and O–H groups in total. The van der Waals surface area contributed by atoms with Gasteiger partial charge in [-0.25, -0.2) is 0 Å². The van der Waals surface area contributed by atoms with Crippen LogP contribution in [0, 0.1) is 6.92 Å². The summed E-state index contributed by atoms with van der Waals surface area (Å²) in [5.74, 6) is -1.15. The number of carbonyl (C=O) groups is 4. The van der Waals surface area contributed by atoms with E-state index in [-0.39, 0.29) is 38.4 Å². The maximum absolute atomic E-state index is 12.6. The fraction of sp³-hybridized carbons (Fsp3) is 0.304. The molecule has 9 heteroatoms. The van der Waals surface area contributed by atoms with Crippen molar-refractivity contribution in [2.45, 2.75) is 26.7 Å². The first-order valence-corrected chi connectivity index (χ1v) is 10.5. The van der Waals surface area contributed by atoms with Crippen molar-refractivity contribution in [3.8, 4) is 5.75 Å². The molecule has 2 aromatic rings. The molecule has 1 heterocycles. The van der Waals surface area contributed by atoms with Crippen LogP contribution in [0.5, 0.6) is 5.75 Å². The molecule has 0 radical (unpaired) electrons. The maximum Gasteiger partial charge on any atom is 0.306 e. The van der Waals surface area contributed by atoms with Crippen LogP contribution in [0.15, 0.2) is 36.4 Å². The number of amides is 2. The van der Waals surface area contributed by atoms with Gasteiger partial charge in [-0.1, -0.05) is 11.6 Å². The van der Waals surface area contributed by atoms with E-state index in [1.165, 1.54) is 11.0 Å². The summed E-state index contributed by atoms with van der Waals surface area (Å²) in [5, 5.41) is 3.32. The van der Waals surface area contributed by atoms with Crippen LogP contribution < -0.4 is 15.0 Å². The number of anilines is 2. The van der Waals surface area contributed by atoms with Gasteiger partial charge in [0.1, 0.15) is 12.3 Å². The number of Topliss-reactive ketones (excluding diaryl/α,β-unsaturated/α-hetero) is 1. The Morgan fingerprint density at radius 1 is 1.16 bits per heavy atom. The quantitative estimate of drug-likeness (QED) is 0.479. The van der Waals surface area contributed by atoms with Crippen LogP contribution in [-0.4, -0.2) is 43.3 Å². The van der Waals surface area contributed by atoms with E-state index in [1.54, 1.807) is 37.3 Å². The molecule has 0 spiro atoms. The predicted octanol–water partition coefficient (Wildman–Crippen LogP) is 3.54. The van der Waals surface area contributed by atoms with Crippen molar-refractivity contribution in [1.29, 1.82) is 0 Å². The summed E-state index contributed by atoms with van der Waals surface area (Å²) in [6, 6.07) is 9.71. The molecule has 0 fully saturated rings. The number of nitrogens with zero attached hydrogens (tertiary/aromatic N) is 1. The second kappa shape index (κ2) is 10.3. The third kappa shape index (κ3) is 5.64. The minimum Gasteiger partial charge on any atom is -0.482 e. The Morgan fingerprint density at radius 3 is 2.66 bits per heavy atom. The number of aryl methyl sites for hydroxylation is 1. The van der Waals surface area contributed by atoms with Gasteiger partial charge in [0.05, 0.1) is 18.7 Å². The Hall–Kier alpha value is -3.39. The van der Waals surface area contributed by atoms with E-state index in [0.717, 1.165) is 5.56 Å². The lowest BCUT2D eigenvalue weighted by molar-refractivity contribution is -0.143. The van der Waals surface area contributed by atoms with Crippen LogP contribution in [0.1, 0.15) is 35.7 Å². The highest BCUT2D eigenvalue weighted by Gasteiger charge is 2.28. The summed E-state index contributed by atoms with van der Waals surface area (Å²) >= 11 is 5.95. The summed E-state index contributed by atoms with van der Waals surface area (Å²) in [6.07, 6.45) is -0.0610. The molecule has 2 amide bonds. The van der Waals surface area contributed by atoms with Gasteiger partial charge in [-0.3, -0.25) is 24.1 Å². The predicted molar refractivity (Wildman–Crippen MR) is 119 cm³/mol. The topological polar surface area (TPSA) is 102 Å². The number of esters is 1. The molecule has 3 rings (SSSR count). The van der Waals surface area contributed by atoms with Gasteiger partial charge >= 0.3 is 5.97 Å². The zero-order valence-electron chi connectivity index (χ0n) is 17.8. The van der Waals surface area contributed by atoms with Crippen LogP contribution in [0.25, 0.3) is 0 Å². The Kier molecular flexibility index (Phi) is 7.48. The Labute approximate surface area is 190 Å². The van der Waals surface area contributed by atoms with Crippen LogP contribution >= 0.6 is 11.6 Å². The minimum absolute atomic E-state index is 0.0250. The highest BCUT2D eigenvalue weighted by atomic mass is 35.5. The van der Waals surface area contributed by atoms with Gasteiger partial charge in [-0.05, 0) is 55.8 Å². The number of rotatable bonds is 8. The van der Waals surface area contributed by atoms with Crippen molar-refractivity contribution in [2.24, 2.45) is 0 Å². The SMILES string of the molecule is CCOC(=O)CCC(=O)c1ccc2c(c1)N(CC(=O)Nc1ccc(Cl)cc1C)C(=O)CO2. The Morgan fingerprint density at radius 2 is 1.94 bits per heavy atom. The van der Waals surface area contributed by atoms with Gasteiger partial charge in [0.2, 0.25) is 5.91 Å². The molecule has 0 unspecified atom stereocenters. The molecule has 0 atom stereocenters. The first-order valence-electron chi connectivity index (χ1n) is 10.1. The normalized spacial score (nSPS) is 12.6. The minimum atomic E-state index is -0.451. The van der Waals surface area contributed by atoms with Gasteiger partial charge in [-0.15, -0.1) is 0 Å².